The van der Waals surface area contributed by atoms with E-state index in [-0.39, 0.29) is 0 Å². The Morgan fingerprint density at radius 1 is 0.692 bits per heavy atom. The van der Waals surface area contributed by atoms with Crippen molar-refractivity contribution < 1.29 is 4.74 Å². The molecule has 3 nitrogen and oxygen atoms in total. The van der Waals surface area contributed by atoms with Gasteiger partial charge in [0.2, 0.25) is 5.88 Å². The van der Waals surface area contributed by atoms with E-state index in [1.807, 2.05) is 60.7 Å². The van der Waals surface area contributed by atoms with Crippen molar-refractivity contribution in [2.75, 3.05) is 0 Å². The predicted molar refractivity (Wildman–Crippen MR) is 103 cm³/mol. The van der Waals surface area contributed by atoms with Crippen LogP contribution in [-0.4, -0.2) is 9.97 Å². The highest BCUT2D eigenvalue weighted by Gasteiger charge is 2.11. The molecule has 0 aliphatic heterocycles. The van der Waals surface area contributed by atoms with Crippen LogP contribution in [0.4, 0.5) is 0 Å². The zero-order chi connectivity index (χ0) is 17.6. The second-order valence-electron chi connectivity index (χ2n) is 5.96. The van der Waals surface area contributed by atoms with Crippen LogP contribution in [0.25, 0.3) is 11.1 Å². The van der Waals surface area contributed by atoms with Crippen LogP contribution in [0.3, 0.4) is 0 Å². The van der Waals surface area contributed by atoms with Gasteiger partial charge in [0, 0.05) is 36.1 Å². The van der Waals surface area contributed by atoms with Gasteiger partial charge >= 0.3 is 0 Å². The van der Waals surface area contributed by atoms with Crippen molar-refractivity contribution in [3.05, 3.63) is 109 Å². The van der Waals surface area contributed by atoms with Crippen molar-refractivity contribution in [2.24, 2.45) is 0 Å². The molecule has 2 aromatic heterocycles. The highest BCUT2D eigenvalue weighted by atomic mass is 16.5. The molecule has 3 heteroatoms. The third-order valence-electron chi connectivity index (χ3n) is 4.17. The molecule has 4 rings (SSSR count). The maximum atomic E-state index is 6.24. The summed E-state index contributed by atoms with van der Waals surface area (Å²) in [4.78, 5) is 8.54. The molecule has 0 fully saturated rings. The lowest BCUT2D eigenvalue weighted by atomic mass is 10.0. The number of hydrogen-bond acceptors (Lipinski definition) is 3. The Labute approximate surface area is 153 Å². The lowest BCUT2D eigenvalue weighted by Crippen LogP contribution is -1.97. The molecule has 0 N–H and O–H groups in total. The minimum atomic E-state index is 0.632. The van der Waals surface area contributed by atoms with Crippen molar-refractivity contribution in [3.63, 3.8) is 0 Å². The Morgan fingerprint density at radius 2 is 1.46 bits per heavy atom. The summed E-state index contributed by atoms with van der Waals surface area (Å²) >= 11 is 0. The van der Waals surface area contributed by atoms with E-state index in [1.165, 1.54) is 5.56 Å². The summed E-state index contributed by atoms with van der Waals surface area (Å²) in [6, 6.07) is 26.3. The van der Waals surface area contributed by atoms with Gasteiger partial charge in [0.05, 0.1) is 0 Å². The number of hydrogen-bond donors (Lipinski definition) is 0. The van der Waals surface area contributed by atoms with Crippen molar-refractivity contribution in [1.29, 1.82) is 0 Å². The first kappa shape index (κ1) is 16.0. The molecule has 2 aromatic carbocycles. The number of para-hydroxylation sites is 1. The lowest BCUT2D eigenvalue weighted by Gasteiger charge is -2.13. The SMILES string of the molecule is c1ccc(-c2ccccc2Oc2ncccc2Cc2ccncc2)cc1. The molecule has 0 saturated carbocycles. The summed E-state index contributed by atoms with van der Waals surface area (Å²) in [7, 11) is 0. The highest BCUT2D eigenvalue weighted by Crippen LogP contribution is 2.33. The third kappa shape index (κ3) is 3.62. The molecule has 0 atom stereocenters. The summed E-state index contributed by atoms with van der Waals surface area (Å²) in [5, 5.41) is 0. The van der Waals surface area contributed by atoms with Gasteiger partial charge in [-0.25, -0.2) is 4.98 Å². The third-order valence-corrected chi connectivity index (χ3v) is 4.17. The van der Waals surface area contributed by atoms with Crippen LogP contribution in [0.2, 0.25) is 0 Å². The number of aromatic nitrogens is 2. The van der Waals surface area contributed by atoms with Crippen molar-refractivity contribution >= 4 is 0 Å². The van der Waals surface area contributed by atoms with Gasteiger partial charge in [0.15, 0.2) is 0 Å². The van der Waals surface area contributed by atoms with Gasteiger partial charge in [0.25, 0.3) is 0 Å². The van der Waals surface area contributed by atoms with Gasteiger partial charge in [-0.05, 0) is 35.4 Å². The lowest BCUT2D eigenvalue weighted by molar-refractivity contribution is 0.459. The first-order valence-electron chi connectivity index (χ1n) is 8.55. The molecule has 0 bridgehead atoms. The smallest absolute Gasteiger partial charge is 0.222 e. The van der Waals surface area contributed by atoms with Crippen LogP contribution >= 0.6 is 0 Å². The Hall–Kier alpha value is -3.46. The Bertz CT molecular complexity index is 985. The van der Waals surface area contributed by atoms with E-state index in [2.05, 4.69) is 28.2 Å². The highest BCUT2D eigenvalue weighted by molar-refractivity contribution is 5.70. The molecule has 4 aromatic rings. The molecule has 0 aliphatic rings. The summed E-state index contributed by atoms with van der Waals surface area (Å²) in [6.07, 6.45) is 6.11. The van der Waals surface area contributed by atoms with E-state index in [1.54, 1.807) is 18.6 Å². The van der Waals surface area contributed by atoms with Gasteiger partial charge in [-0.3, -0.25) is 4.98 Å². The Morgan fingerprint density at radius 3 is 2.31 bits per heavy atom. The van der Waals surface area contributed by atoms with Gasteiger partial charge in [-0.1, -0.05) is 54.6 Å². The zero-order valence-electron chi connectivity index (χ0n) is 14.2. The Kier molecular flexibility index (Phi) is 4.70. The quantitative estimate of drug-likeness (QED) is 0.480. The largest absolute Gasteiger partial charge is 0.438 e. The molecule has 126 valence electrons. The molecule has 0 unspecified atom stereocenters. The maximum absolute atomic E-state index is 6.24. The molecule has 2 heterocycles. The van der Waals surface area contributed by atoms with Crippen molar-refractivity contribution in [1.82, 2.24) is 9.97 Å². The molecule has 0 amide bonds. The van der Waals surface area contributed by atoms with Crippen molar-refractivity contribution in [2.45, 2.75) is 6.42 Å². The Balaban J connectivity index is 1.67. The molecule has 26 heavy (non-hydrogen) atoms. The van der Waals surface area contributed by atoms with E-state index in [9.17, 15) is 0 Å². The van der Waals surface area contributed by atoms with Gasteiger partial charge in [-0.2, -0.15) is 0 Å². The van der Waals surface area contributed by atoms with Gasteiger partial charge in [0.1, 0.15) is 5.75 Å². The standard InChI is InChI=1S/C23H18N2O/c1-2-7-19(8-3-1)21-10-4-5-11-22(21)26-23-20(9-6-14-25-23)17-18-12-15-24-16-13-18/h1-16H,17H2. The fraction of sp³-hybridized carbons (Fsp3) is 0.0435. The first-order valence-corrected chi connectivity index (χ1v) is 8.55. The van der Waals surface area contributed by atoms with E-state index in [0.717, 1.165) is 28.9 Å². The minimum Gasteiger partial charge on any atom is -0.438 e. The number of pyridine rings is 2. The van der Waals surface area contributed by atoms with Crippen LogP contribution < -0.4 is 4.74 Å². The molecule has 0 spiro atoms. The number of rotatable bonds is 5. The molecule has 0 saturated heterocycles. The predicted octanol–water partition coefficient (Wildman–Crippen LogP) is 5.53. The van der Waals surface area contributed by atoms with E-state index >= 15 is 0 Å². The number of benzene rings is 2. The second kappa shape index (κ2) is 7.62. The molecule has 0 radical (unpaired) electrons. The fourth-order valence-corrected chi connectivity index (χ4v) is 2.89. The van der Waals surface area contributed by atoms with E-state index in [4.69, 9.17) is 4.74 Å². The van der Waals surface area contributed by atoms with Gasteiger partial charge < -0.3 is 4.74 Å². The monoisotopic (exact) mass is 338 g/mol. The van der Waals surface area contributed by atoms with Crippen molar-refractivity contribution in [3.8, 4) is 22.8 Å². The number of nitrogens with zero attached hydrogens (tertiary/aromatic N) is 2. The topological polar surface area (TPSA) is 35.0 Å². The number of ether oxygens (including phenoxy) is 1. The van der Waals surface area contributed by atoms with E-state index in [0.29, 0.717) is 5.88 Å². The summed E-state index contributed by atoms with van der Waals surface area (Å²) in [5.41, 5.74) is 4.39. The summed E-state index contributed by atoms with van der Waals surface area (Å²) < 4.78 is 6.24. The molecular formula is C23H18N2O. The second-order valence-corrected chi connectivity index (χ2v) is 5.96. The van der Waals surface area contributed by atoms with Crippen LogP contribution in [0.15, 0.2) is 97.5 Å². The normalized spacial score (nSPS) is 10.5. The maximum Gasteiger partial charge on any atom is 0.222 e. The van der Waals surface area contributed by atoms with Crippen LogP contribution in [0.5, 0.6) is 11.6 Å². The van der Waals surface area contributed by atoms with Crippen LogP contribution in [-0.2, 0) is 6.42 Å². The van der Waals surface area contributed by atoms with Crippen LogP contribution in [0.1, 0.15) is 11.1 Å². The first-order chi connectivity index (χ1) is 12.9. The van der Waals surface area contributed by atoms with Gasteiger partial charge in [-0.15, -0.1) is 0 Å². The summed E-state index contributed by atoms with van der Waals surface area (Å²) in [6.45, 7) is 0. The average Bonchev–Trinajstić information content (AvgIpc) is 2.71. The fourth-order valence-electron chi connectivity index (χ4n) is 2.89. The summed E-state index contributed by atoms with van der Waals surface area (Å²) in [5.74, 6) is 1.43. The zero-order valence-corrected chi connectivity index (χ0v) is 14.2. The average molecular weight is 338 g/mol. The van der Waals surface area contributed by atoms with E-state index < -0.39 is 0 Å². The molecular weight excluding hydrogens is 320 g/mol. The van der Waals surface area contributed by atoms with Crippen LogP contribution in [0, 0.1) is 0 Å². The molecule has 0 aliphatic carbocycles. The minimum absolute atomic E-state index is 0.632.